The minimum absolute atomic E-state index is 0.0855. The topological polar surface area (TPSA) is 105 Å². The highest BCUT2D eigenvalue weighted by atomic mass is 79.9. The summed E-state index contributed by atoms with van der Waals surface area (Å²) in [6.45, 7) is 3.61. The molecule has 0 spiro atoms. The van der Waals surface area contributed by atoms with Gasteiger partial charge in [0.05, 0.1) is 29.9 Å². The van der Waals surface area contributed by atoms with Crippen molar-refractivity contribution < 1.29 is 16.8 Å². The Balaban J connectivity index is 1.90. The van der Waals surface area contributed by atoms with Gasteiger partial charge in [-0.3, -0.25) is 0 Å². The molecule has 1 aliphatic carbocycles. The monoisotopic (exact) mass is 721 g/mol. The second-order valence-corrected chi connectivity index (χ2v) is 14.5. The van der Waals surface area contributed by atoms with Crippen LogP contribution >= 0.6 is 62.3 Å². The van der Waals surface area contributed by atoms with E-state index in [2.05, 4.69) is 30.4 Å². The molecule has 0 bridgehead atoms. The fraction of sp³-hybridized carbons (Fsp3) is 0.115. The Labute approximate surface area is 261 Å². The van der Waals surface area contributed by atoms with Crippen molar-refractivity contribution >= 4 is 93.8 Å². The van der Waals surface area contributed by atoms with E-state index in [1.165, 1.54) is 24.3 Å². The Bertz CT molecular complexity index is 1740. The highest BCUT2D eigenvalue weighted by Crippen LogP contribution is 2.45. The average molecular weight is 724 g/mol. The van der Waals surface area contributed by atoms with E-state index in [9.17, 15) is 16.8 Å². The summed E-state index contributed by atoms with van der Waals surface area (Å²) in [5.41, 5.74) is -0.497. The number of allylic oxidation sites excluding steroid dienone is 2. The lowest BCUT2D eigenvalue weighted by atomic mass is 10.0. The van der Waals surface area contributed by atoms with Crippen molar-refractivity contribution in [1.82, 2.24) is 4.72 Å². The van der Waals surface area contributed by atoms with Gasteiger partial charge in [0, 0.05) is 10.2 Å². The molecular formula is C26H20BrCl4N3O4S2. The predicted octanol–water partition coefficient (Wildman–Crippen LogP) is 7.37. The SMILES string of the molecule is Cc1ccc(S(=O)(=O)N=C2C(Cl)=C(Cl)C(Nc3ccc(Br)cc3)(NS(=O)(=O)c3ccc(C)cc3)C(Cl)=C2Cl)cc1. The molecule has 0 unspecified atom stereocenters. The van der Waals surface area contributed by atoms with Crippen molar-refractivity contribution in [3.63, 3.8) is 0 Å². The van der Waals surface area contributed by atoms with Crippen LogP contribution in [0.2, 0.25) is 0 Å². The highest BCUT2D eigenvalue weighted by Gasteiger charge is 2.49. The number of hydrogen-bond acceptors (Lipinski definition) is 5. The third-order valence-corrected chi connectivity index (χ3v) is 10.9. The number of aryl methyl sites for hydroxylation is 2. The molecule has 2 N–H and O–H groups in total. The largest absolute Gasteiger partial charge is 0.357 e. The molecule has 0 fully saturated rings. The second-order valence-electron chi connectivity index (χ2n) is 8.78. The van der Waals surface area contributed by atoms with Crippen molar-refractivity contribution in [2.45, 2.75) is 29.3 Å². The molecule has 0 saturated carbocycles. The molecule has 40 heavy (non-hydrogen) atoms. The number of anilines is 1. The first-order chi connectivity index (χ1) is 18.7. The maximum Gasteiger partial charge on any atom is 0.282 e. The van der Waals surface area contributed by atoms with E-state index in [0.29, 0.717) is 5.69 Å². The standard InChI is InChI=1S/C26H20BrCl4N3O4S2/c1-15-3-11-19(12-4-15)39(35,36)33-23-21(28)24(30)26(25(31)22(23)29,32-18-9-7-17(27)8-10-18)34-40(37,38)20-13-5-16(2)6-14-20/h3-14,32,34H,1-2H3. The minimum Gasteiger partial charge on any atom is -0.357 e. The Morgan fingerprint density at radius 1 is 0.700 bits per heavy atom. The van der Waals surface area contributed by atoms with E-state index < -0.39 is 51.6 Å². The van der Waals surface area contributed by atoms with Gasteiger partial charge in [-0.05, 0) is 62.4 Å². The lowest BCUT2D eigenvalue weighted by Crippen LogP contribution is -2.57. The van der Waals surface area contributed by atoms with E-state index in [1.54, 1.807) is 55.5 Å². The first kappa shape index (κ1) is 31.1. The molecule has 0 radical (unpaired) electrons. The zero-order valence-corrected chi connectivity index (χ0v) is 27.0. The van der Waals surface area contributed by atoms with Crippen LogP contribution in [0.4, 0.5) is 5.69 Å². The van der Waals surface area contributed by atoms with Crippen LogP contribution in [0.15, 0.2) is 112 Å². The molecule has 3 aromatic carbocycles. The lowest BCUT2D eigenvalue weighted by Gasteiger charge is -2.39. The van der Waals surface area contributed by atoms with Crippen LogP contribution < -0.4 is 10.0 Å². The van der Waals surface area contributed by atoms with E-state index in [0.717, 1.165) is 15.6 Å². The number of sulfonamides is 2. The summed E-state index contributed by atoms with van der Waals surface area (Å²) < 4.78 is 60.3. The molecule has 1 aliphatic rings. The molecule has 0 heterocycles. The molecule has 0 aliphatic heterocycles. The van der Waals surface area contributed by atoms with Crippen LogP contribution in [0.3, 0.4) is 0 Å². The maximum atomic E-state index is 13.6. The Hall–Kier alpha value is -1.89. The fourth-order valence-corrected chi connectivity index (χ4v) is 7.61. The summed E-state index contributed by atoms with van der Waals surface area (Å²) in [6, 6.07) is 18.7. The molecule has 3 aromatic rings. The molecule has 4 rings (SSSR count). The fourth-order valence-electron chi connectivity index (χ4n) is 3.65. The van der Waals surface area contributed by atoms with Crippen molar-refractivity contribution in [1.29, 1.82) is 0 Å². The summed E-state index contributed by atoms with van der Waals surface area (Å²) in [5, 5.41) is 1.32. The first-order valence-electron chi connectivity index (χ1n) is 11.3. The van der Waals surface area contributed by atoms with Gasteiger partial charge in [0.1, 0.15) is 5.71 Å². The Morgan fingerprint density at radius 2 is 1.15 bits per heavy atom. The van der Waals surface area contributed by atoms with Crippen molar-refractivity contribution in [2.75, 3.05) is 5.32 Å². The van der Waals surface area contributed by atoms with Crippen molar-refractivity contribution in [3.8, 4) is 0 Å². The van der Waals surface area contributed by atoms with Gasteiger partial charge in [-0.2, -0.15) is 17.5 Å². The zero-order chi connectivity index (χ0) is 29.5. The van der Waals surface area contributed by atoms with Crippen LogP contribution in [-0.2, 0) is 20.0 Å². The number of rotatable bonds is 7. The van der Waals surface area contributed by atoms with Crippen LogP contribution in [0, 0.1) is 13.8 Å². The summed E-state index contributed by atoms with van der Waals surface area (Å²) in [5.74, 6) is 0. The Kier molecular flexibility index (Phi) is 9.14. The van der Waals surface area contributed by atoms with E-state index in [1.807, 2.05) is 6.92 Å². The highest BCUT2D eigenvalue weighted by molar-refractivity contribution is 9.10. The number of nitrogens with one attached hydrogen (secondary N) is 2. The molecule has 14 heteroatoms. The van der Waals surface area contributed by atoms with Crippen LogP contribution in [0.25, 0.3) is 0 Å². The first-order valence-corrected chi connectivity index (χ1v) is 16.6. The van der Waals surface area contributed by atoms with Crippen LogP contribution in [0.1, 0.15) is 11.1 Å². The molecule has 7 nitrogen and oxygen atoms in total. The molecule has 0 saturated heterocycles. The molecular weight excluding hydrogens is 704 g/mol. The van der Waals surface area contributed by atoms with Gasteiger partial charge in [0.25, 0.3) is 10.0 Å². The van der Waals surface area contributed by atoms with Gasteiger partial charge in [0.2, 0.25) is 10.0 Å². The second kappa shape index (κ2) is 11.8. The van der Waals surface area contributed by atoms with Crippen molar-refractivity contribution in [2.24, 2.45) is 4.40 Å². The van der Waals surface area contributed by atoms with E-state index >= 15 is 0 Å². The summed E-state index contributed by atoms with van der Waals surface area (Å²) in [4.78, 5) is -0.200. The van der Waals surface area contributed by atoms with Gasteiger partial charge in [-0.15, -0.1) is 0 Å². The summed E-state index contributed by atoms with van der Waals surface area (Å²) in [7, 11) is -8.61. The summed E-state index contributed by atoms with van der Waals surface area (Å²) in [6.07, 6.45) is 0. The lowest BCUT2D eigenvalue weighted by molar-refractivity contribution is 0.550. The normalized spacial score (nSPS) is 18.2. The van der Waals surface area contributed by atoms with Crippen LogP contribution in [0.5, 0.6) is 0 Å². The molecule has 0 atom stereocenters. The van der Waals surface area contributed by atoms with Gasteiger partial charge in [-0.25, -0.2) is 8.42 Å². The third-order valence-electron chi connectivity index (χ3n) is 5.78. The van der Waals surface area contributed by atoms with Crippen LogP contribution in [-0.4, -0.2) is 28.2 Å². The number of nitrogens with zero attached hydrogens (tertiary/aromatic N) is 1. The smallest absolute Gasteiger partial charge is 0.282 e. The van der Waals surface area contributed by atoms with E-state index in [-0.39, 0.29) is 9.79 Å². The van der Waals surface area contributed by atoms with Gasteiger partial charge < -0.3 is 5.32 Å². The third kappa shape index (κ3) is 6.29. The molecule has 210 valence electrons. The quantitative estimate of drug-likeness (QED) is 0.248. The number of halogens is 5. The van der Waals surface area contributed by atoms with Gasteiger partial charge >= 0.3 is 0 Å². The zero-order valence-electron chi connectivity index (χ0n) is 20.7. The average Bonchev–Trinajstić information content (AvgIpc) is 2.90. The van der Waals surface area contributed by atoms with Gasteiger partial charge in [0.15, 0.2) is 5.66 Å². The van der Waals surface area contributed by atoms with Gasteiger partial charge in [-0.1, -0.05) is 97.7 Å². The summed E-state index contributed by atoms with van der Waals surface area (Å²) >= 11 is 30.0. The predicted molar refractivity (Wildman–Crippen MR) is 165 cm³/mol. The minimum atomic E-state index is -4.31. The maximum absolute atomic E-state index is 13.6. The Morgan fingerprint density at radius 3 is 1.62 bits per heavy atom. The molecule has 0 aromatic heterocycles. The van der Waals surface area contributed by atoms with Crippen molar-refractivity contribution in [3.05, 3.63) is 109 Å². The number of hydrogen-bond donors (Lipinski definition) is 2. The molecule has 0 amide bonds. The van der Waals surface area contributed by atoms with E-state index in [4.69, 9.17) is 46.4 Å². The number of benzene rings is 3.